The van der Waals surface area contributed by atoms with Crippen molar-refractivity contribution in [1.29, 1.82) is 0 Å². The van der Waals surface area contributed by atoms with E-state index < -0.39 is 24.4 Å². The first-order valence-corrected chi connectivity index (χ1v) is 4.26. The van der Waals surface area contributed by atoms with E-state index in [1.807, 2.05) is 0 Å². The molecule has 1 saturated heterocycles. The third kappa shape index (κ3) is 1.76. The number of aliphatic hydroxyl groups is 4. The van der Waals surface area contributed by atoms with E-state index >= 15 is 0 Å². The molecular formula is C6H14NO4P. The Bertz CT molecular complexity index is 158. The molecule has 1 aliphatic rings. The Balaban J connectivity index is 2.65. The van der Waals surface area contributed by atoms with Crippen molar-refractivity contribution in [2.45, 2.75) is 24.4 Å². The smallest absolute Gasteiger partial charge is 0.109 e. The summed E-state index contributed by atoms with van der Waals surface area (Å²) in [4.78, 5) is 0. The van der Waals surface area contributed by atoms with Crippen LogP contribution in [0.5, 0.6) is 0 Å². The highest BCUT2D eigenvalue weighted by Crippen LogP contribution is 2.21. The van der Waals surface area contributed by atoms with Gasteiger partial charge in [-0.2, -0.15) is 0 Å². The second kappa shape index (κ2) is 3.96. The molecule has 12 heavy (non-hydrogen) atoms. The van der Waals surface area contributed by atoms with Gasteiger partial charge in [0.1, 0.15) is 12.2 Å². The summed E-state index contributed by atoms with van der Waals surface area (Å²) in [6.45, 7) is -0.0113. The molecule has 0 saturated carbocycles. The van der Waals surface area contributed by atoms with E-state index in [0.29, 0.717) is 0 Å². The molecule has 1 aliphatic heterocycles. The van der Waals surface area contributed by atoms with E-state index in [1.54, 1.807) is 4.67 Å². The van der Waals surface area contributed by atoms with Gasteiger partial charge in [0.25, 0.3) is 0 Å². The molecule has 0 aromatic carbocycles. The number of hydrogen-bond acceptors (Lipinski definition) is 5. The van der Waals surface area contributed by atoms with Crippen molar-refractivity contribution in [1.82, 2.24) is 4.67 Å². The first-order valence-electron chi connectivity index (χ1n) is 3.74. The Labute approximate surface area is 72.9 Å². The van der Waals surface area contributed by atoms with E-state index in [-0.39, 0.29) is 13.2 Å². The molecule has 5 atom stereocenters. The van der Waals surface area contributed by atoms with E-state index in [2.05, 4.69) is 9.39 Å². The van der Waals surface area contributed by atoms with Crippen LogP contribution in [0, 0.1) is 0 Å². The number of rotatable bonds is 1. The lowest BCUT2D eigenvalue weighted by Crippen LogP contribution is -2.59. The predicted octanol–water partition coefficient (Wildman–Crippen LogP) is -2.46. The van der Waals surface area contributed by atoms with E-state index in [0.717, 1.165) is 0 Å². The Morgan fingerprint density at radius 2 is 1.83 bits per heavy atom. The molecule has 72 valence electrons. The lowest BCUT2D eigenvalue weighted by molar-refractivity contribution is -0.123. The summed E-state index contributed by atoms with van der Waals surface area (Å²) in [7, 11) is 2.30. The molecule has 4 N–H and O–H groups in total. The summed E-state index contributed by atoms with van der Waals surface area (Å²) < 4.78 is 1.54. The number of piperidine rings is 1. The minimum Gasteiger partial charge on any atom is -0.395 e. The average Bonchev–Trinajstić information content (AvgIpc) is 2.01. The van der Waals surface area contributed by atoms with Gasteiger partial charge in [-0.3, -0.25) is 4.67 Å². The molecule has 0 aromatic rings. The first kappa shape index (κ1) is 10.3. The van der Waals surface area contributed by atoms with Gasteiger partial charge in [-0.15, -0.1) is 0 Å². The highest BCUT2D eigenvalue weighted by Gasteiger charge is 2.39. The van der Waals surface area contributed by atoms with Crippen molar-refractivity contribution in [3.63, 3.8) is 0 Å². The van der Waals surface area contributed by atoms with Crippen LogP contribution in [0.15, 0.2) is 0 Å². The maximum atomic E-state index is 9.35. The second-order valence-corrected chi connectivity index (χ2v) is 3.66. The number of nitrogens with zero attached hydrogens (tertiary/aromatic N) is 1. The van der Waals surface area contributed by atoms with Crippen LogP contribution in [0.25, 0.3) is 0 Å². The lowest BCUT2D eigenvalue weighted by atomic mass is 9.97. The number of aliphatic hydroxyl groups excluding tert-OH is 4. The fourth-order valence-electron chi connectivity index (χ4n) is 1.32. The zero-order valence-electron chi connectivity index (χ0n) is 6.54. The fourth-order valence-corrected chi connectivity index (χ4v) is 1.81. The second-order valence-electron chi connectivity index (χ2n) is 3.00. The zero-order valence-corrected chi connectivity index (χ0v) is 7.69. The lowest BCUT2D eigenvalue weighted by Gasteiger charge is -2.40. The predicted molar refractivity (Wildman–Crippen MR) is 45.3 cm³/mol. The van der Waals surface area contributed by atoms with Gasteiger partial charge in [-0.05, 0) is 0 Å². The highest BCUT2D eigenvalue weighted by atomic mass is 31.0. The molecular weight excluding hydrogens is 181 g/mol. The van der Waals surface area contributed by atoms with Gasteiger partial charge in [0, 0.05) is 6.54 Å². The minimum absolute atomic E-state index is 0.230. The maximum absolute atomic E-state index is 9.35. The molecule has 0 bridgehead atoms. The molecule has 1 heterocycles. The molecule has 0 aromatic heterocycles. The maximum Gasteiger partial charge on any atom is 0.109 e. The van der Waals surface area contributed by atoms with Gasteiger partial charge >= 0.3 is 0 Å². The summed E-state index contributed by atoms with van der Waals surface area (Å²) in [5, 5.41) is 36.6. The van der Waals surface area contributed by atoms with Crippen molar-refractivity contribution < 1.29 is 20.4 Å². The molecule has 1 rings (SSSR count). The van der Waals surface area contributed by atoms with Gasteiger partial charge in [0.15, 0.2) is 0 Å². The molecule has 0 spiro atoms. The Hall–Kier alpha value is 0.230. The average molecular weight is 195 g/mol. The van der Waals surface area contributed by atoms with Crippen LogP contribution in [0.1, 0.15) is 0 Å². The monoisotopic (exact) mass is 195 g/mol. The van der Waals surface area contributed by atoms with E-state index in [9.17, 15) is 15.3 Å². The largest absolute Gasteiger partial charge is 0.395 e. The van der Waals surface area contributed by atoms with Crippen LogP contribution in [0.4, 0.5) is 0 Å². The van der Waals surface area contributed by atoms with Crippen LogP contribution < -0.4 is 0 Å². The fraction of sp³-hybridized carbons (Fsp3) is 1.00. The molecule has 1 fully saturated rings. The van der Waals surface area contributed by atoms with Crippen molar-refractivity contribution in [3.8, 4) is 0 Å². The normalized spacial score (nSPS) is 44.8. The van der Waals surface area contributed by atoms with Crippen molar-refractivity contribution >= 4 is 9.39 Å². The summed E-state index contributed by atoms with van der Waals surface area (Å²) in [6, 6.07) is -0.520. The minimum atomic E-state index is -1.17. The Morgan fingerprint density at radius 1 is 1.25 bits per heavy atom. The van der Waals surface area contributed by atoms with E-state index in [4.69, 9.17) is 5.11 Å². The third-order valence-corrected chi connectivity index (χ3v) is 2.74. The van der Waals surface area contributed by atoms with Crippen LogP contribution in [-0.4, -0.2) is 62.6 Å². The molecule has 1 unspecified atom stereocenters. The van der Waals surface area contributed by atoms with Gasteiger partial charge < -0.3 is 20.4 Å². The topological polar surface area (TPSA) is 84.2 Å². The Morgan fingerprint density at radius 3 is 2.33 bits per heavy atom. The summed E-state index contributed by atoms with van der Waals surface area (Å²) >= 11 is 0. The highest BCUT2D eigenvalue weighted by molar-refractivity contribution is 7.13. The van der Waals surface area contributed by atoms with Crippen molar-refractivity contribution in [2.75, 3.05) is 13.2 Å². The molecule has 0 radical (unpaired) electrons. The third-order valence-electron chi connectivity index (χ3n) is 2.15. The molecule has 0 amide bonds. The summed E-state index contributed by atoms with van der Waals surface area (Å²) in [5.41, 5.74) is 0. The quantitative estimate of drug-likeness (QED) is 0.349. The van der Waals surface area contributed by atoms with Gasteiger partial charge in [0.05, 0.1) is 18.8 Å². The van der Waals surface area contributed by atoms with Crippen molar-refractivity contribution in [2.24, 2.45) is 0 Å². The van der Waals surface area contributed by atoms with Gasteiger partial charge in [-0.1, -0.05) is 9.39 Å². The van der Waals surface area contributed by atoms with Crippen LogP contribution in [0.3, 0.4) is 0 Å². The molecule has 6 heteroatoms. The van der Waals surface area contributed by atoms with Crippen LogP contribution in [-0.2, 0) is 0 Å². The van der Waals surface area contributed by atoms with Gasteiger partial charge in [-0.25, -0.2) is 0 Å². The first-order chi connectivity index (χ1) is 5.57. The Kier molecular flexibility index (Phi) is 3.40. The van der Waals surface area contributed by atoms with Crippen molar-refractivity contribution in [3.05, 3.63) is 0 Å². The summed E-state index contributed by atoms with van der Waals surface area (Å²) in [5.74, 6) is 0. The number of hydrogen-bond donors (Lipinski definition) is 4. The van der Waals surface area contributed by atoms with E-state index in [1.165, 1.54) is 0 Å². The molecule has 0 aliphatic carbocycles. The molecule has 5 nitrogen and oxygen atoms in total. The number of β-amino-alcohol motifs (C(OH)–C–C–N with tert-alkyl or cyclic N) is 1. The van der Waals surface area contributed by atoms with Crippen LogP contribution >= 0.6 is 9.39 Å². The van der Waals surface area contributed by atoms with Crippen LogP contribution in [0.2, 0.25) is 0 Å². The zero-order chi connectivity index (χ0) is 9.30. The standard InChI is InChI=1S/C6H14NO4P/c8-2-3-5(10)6(11)4(9)1-7(3)12/h3-6,8-11H,1-2,12H2/t3-,4+,5-,6-/m1/s1. The SMILES string of the molecule is OC[C@@H]1[C@@H](O)[C@H](O)[C@@H](O)CN1P. The summed E-state index contributed by atoms with van der Waals surface area (Å²) in [6.07, 6.45) is -3.23. The van der Waals surface area contributed by atoms with Gasteiger partial charge in [0.2, 0.25) is 0 Å².